The van der Waals surface area contributed by atoms with E-state index in [9.17, 15) is 4.79 Å². The van der Waals surface area contributed by atoms with Crippen LogP contribution in [0.3, 0.4) is 0 Å². The molecule has 3 heterocycles. The van der Waals surface area contributed by atoms with Crippen molar-refractivity contribution in [1.82, 2.24) is 20.2 Å². The fourth-order valence-electron chi connectivity index (χ4n) is 2.53. The van der Waals surface area contributed by atoms with Crippen molar-refractivity contribution in [3.8, 4) is 5.88 Å². The van der Waals surface area contributed by atoms with Gasteiger partial charge in [0.15, 0.2) is 12.4 Å². The first-order valence-electron chi connectivity index (χ1n) is 7.26. The van der Waals surface area contributed by atoms with E-state index in [4.69, 9.17) is 13.8 Å². The molecule has 0 bridgehead atoms. The van der Waals surface area contributed by atoms with Gasteiger partial charge in [-0.1, -0.05) is 5.16 Å². The molecule has 2 aromatic heterocycles. The van der Waals surface area contributed by atoms with Gasteiger partial charge in [0.25, 0.3) is 11.8 Å². The van der Waals surface area contributed by atoms with E-state index >= 15 is 0 Å². The van der Waals surface area contributed by atoms with Gasteiger partial charge >= 0.3 is 0 Å². The zero-order valence-electron chi connectivity index (χ0n) is 12.6. The summed E-state index contributed by atoms with van der Waals surface area (Å²) in [5.41, 5.74) is 0. The predicted octanol–water partition coefficient (Wildman–Crippen LogP) is 1.46. The summed E-state index contributed by atoms with van der Waals surface area (Å²) in [6, 6.07) is 1.65. The molecule has 0 saturated carbocycles. The molecule has 2 aromatic rings. The van der Waals surface area contributed by atoms with Crippen LogP contribution < -0.4 is 4.74 Å². The lowest BCUT2D eigenvalue weighted by Gasteiger charge is -2.31. The van der Waals surface area contributed by atoms with Crippen molar-refractivity contribution in [2.24, 2.45) is 0 Å². The molecule has 8 heteroatoms. The van der Waals surface area contributed by atoms with Crippen LogP contribution >= 0.6 is 0 Å². The Bertz CT molecular complexity index is 651. The first-order chi connectivity index (χ1) is 10.6. The standard InChI is InChI=1S/C14H18N4O4/c1-9-6-12(16-21-9)20-8-13(19)18-5-3-4-11(7-18)14-15-10(2)22-17-14/h6,11H,3-5,7-8H2,1-2H3/t11-/m1/s1. The Morgan fingerprint density at radius 3 is 2.95 bits per heavy atom. The molecule has 0 N–H and O–H groups in total. The van der Waals surface area contributed by atoms with Crippen molar-refractivity contribution >= 4 is 5.91 Å². The zero-order valence-corrected chi connectivity index (χ0v) is 12.6. The Balaban J connectivity index is 1.55. The highest BCUT2D eigenvalue weighted by molar-refractivity contribution is 5.77. The average molecular weight is 306 g/mol. The quantitative estimate of drug-likeness (QED) is 0.843. The highest BCUT2D eigenvalue weighted by Crippen LogP contribution is 2.25. The molecule has 0 aliphatic carbocycles. The number of carbonyl (C=O) groups is 1. The number of amides is 1. The van der Waals surface area contributed by atoms with Gasteiger partial charge in [0.2, 0.25) is 5.89 Å². The number of hydrogen-bond acceptors (Lipinski definition) is 7. The predicted molar refractivity (Wildman–Crippen MR) is 74.3 cm³/mol. The van der Waals surface area contributed by atoms with Crippen LogP contribution in [-0.2, 0) is 4.79 Å². The van der Waals surface area contributed by atoms with Crippen LogP contribution in [0, 0.1) is 13.8 Å². The Labute approximate surface area is 127 Å². The normalized spacial score (nSPS) is 18.5. The molecule has 1 atom stereocenters. The topological polar surface area (TPSA) is 94.5 Å². The lowest BCUT2D eigenvalue weighted by Crippen LogP contribution is -2.41. The Kier molecular flexibility index (Phi) is 4.08. The zero-order chi connectivity index (χ0) is 15.5. The first kappa shape index (κ1) is 14.6. The maximum atomic E-state index is 12.2. The molecule has 3 rings (SSSR count). The molecule has 0 aromatic carbocycles. The Morgan fingerprint density at radius 1 is 1.41 bits per heavy atom. The molecule has 1 saturated heterocycles. The van der Waals surface area contributed by atoms with Crippen LogP contribution in [0.5, 0.6) is 5.88 Å². The summed E-state index contributed by atoms with van der Waals surface area (Å²) in [7, 11) is 0. The van der Waals surface area contributed by atoms with Crippen molar-refractivity contribution < 1.29 is 18.6 Å². The molecule has 0 unspecified atom stereocenters. The van der Waals surface area contributed by atoms with Gasteiger partial charge in [0, 0.05) is 32.0 Å². The number of rotatable bonds is 4. The SMILES string of the molecule is Cc1cc(OCC(=O)N2CCC[C@@H](c3noc(C)n3)C2)no1. The van der Waals surface area contributed by atoms with Crippen LogP contribution in [-0.4, -0.2) is 45.8 Å². The second-order valence-corrected chi connectivity index (χ2v) is 5.41. The Hall–Kier alpha value is -2.38. The van der Waals surface area contributed by atoms with Gasteiger partial charge in [-0.2, -0.15) is 4.98 Å². The lowest BCUT2D eigenvalue weighted by molar-refractivity contribution is -0.134. The third-order valence-corrected chi connectivity index (χ3v) is 3.63. The molecule has 1 aliphatic heterocycles. The number of nitrogens with zero attached hydrogens (tertiary/aromatic N) is 4. The van der Waals surface area contributed by atoms with Crippen LogP contribution in [0.2, 0.25) is 0 Å². The fourth-order valence-corrected chi connectivity index (χ4v) is 2.53. The minimum atomic E-state index is -0.0782. The molecule has 8 nitrogen and oxygen atoms in total. The van der Waals surface area contributed by atoms with E-state index in [0.29, 0.717) is 36.4 Å². The van der Waals surface area contributed by atoms with Gasteiger partial charge in [-0.05, 0) is 24.9 Å². The van der Waals surface area contributed by atoms with E-state index in [0.717, 1.165) is 12.8 Å². The van der Waals surface area contributed by atoms with Crippen molar-refractivity contribution in [2.75, 3.05) is 19.7 Å². The summed E-state index contributed by atoms with van der Waals surface area (Å²) < 4.78 is 15.2. The maximum absolute atomic E-state index is 12.2. The van der Waals surface area contributed by atoms with E-state index in [-0.39, 0.29) is 18.4 Å². The van der Waals surface area contributed by atoms with Crippen LogP contribution in [0.4, 0.5) is 0 Å². The van der Waals surface area contributed by atoms with Gasteiger partial charge < -0.3 is 18.7 Å². The minimum Gasteiger partial charge on any atom is -0.465 e. The third-order valence-electron chi connectivity index (χ3n) is 3.63. The van der Waals surface area contributed by atoms with Crippen LogP contribution in [0.1, 0.15) is 36.2 Å². The van der Waals surface area contributed by atoms with E-state index in [2.05, 4.69) is 15.3 Å². The number of piperidine rings is 1. The van der Waals surface area contributed by atoms with Crippen LogP contribution in [0.25, 0.3) is 0 Å². The van der Waals surface area contributed by atoms with E-state index in [1.54, 1.807) is 24.8 Å². The minimum absolute atomic E-state index is 0.0516. The summed E-state index contributed by atoms with van der Waals surface area (Å²) in [4.78, 5) is 18.3. The van der Waals surface area contributed by atoms with E-state index in [1.807, 2.05) is 0 Å². The number of aryl methyl sites for hydroxylation is 2. The lowest BCUT2D eigenvalue weighted by atomic mass is 9.97. The fraction of sp³-hybridized carbons (Fsp3) is 0.571. The number of aromatic nitrogens is 3. The summed E-state index contributed by atoms with van der Waals surface area (Å²) in [6.45, 7) is 4.77. The summed E-state index contributed by atoms with van der Waals surface area (Å²) in [5.74, 6) is 2.22. The molecule has 1 aliphatic rings. The number of ether oxygens (including phenoxy) is 1. The molecule has 1 fully saturated rings. The number of hydrogen-bond donors (Lipinski definition) is 0. The molecule has 22 heavy (non-hydrogen) atoms. The van der Waals surface area contributed by atoms with Gasteiger partial charge in [-0.25, -0.2) is 0 Å². The average Bonchev–Trinajstić information content (AvgIpc) is 3.13. The highest BCUT2D eigenvalue weighted by atomic mass is 16.5. The number of carbonyl (C=O) groups excluding carboxylic acids is 1. The van der Waals surface area contributed by atoms with Gasteiger partial charge in [-0.3, -0.25) is 4.79 Å². The van der Waals surface area contributed by atoms with Crippen molar-refractivity contribution in [2.45, 2.75) is 32.6 Å². The molecule has 1 amide bonds. The summed E-state index contributed by atoms with van der Waals surface area (Å²) in [6.07, 6.45) is 1.86. The van der Waals surface area contributed by atoms with Crippen molar-refractivity contribution in [1.29, 1.82) is 0 Å². The first-order valence-corrected chi connectivity index (χ1v) is 7.26. The molecular weight excluding hydrogens is 288 g/mol. The van der Waals surface area contributed by atoms with E-state index in [1.165, 1.54) is 0 Å². The van der Waals surface area contributed by atoms with Crippen molar-refractivity contribution in [3.05, 3.63) is 23.5 Å². The number of likely N-dealkylation sites (tertiary alicyclic amines) is 1. The Morgan fingerprint density at radius 2 is 2.27 bits per heavy atom. The maximum Gasteiger partial charge on any atom is 0.260 e. The van der Waals surface area contributed by atoms with Gasteiger partial charge in [-0.15, -0.1) is 0 Å². The second-order valence-electron chi connectivity index (χ2n) is 5.41. The molecule has 0 radical (unpaired) electrons. The van der Waals surface area contributed by atoms with E-state index < -0.39 is 0 Å². The molecule has 0 spiro atoms. The third kappa shape index (κ3) is 3.26. The summed E-state index contributed by atoms with van der Waals surface area (Å²) in [5, 5.41) is 7.65. The largest absolute Gasteiger partial charge is 0.465 e. The smallest absolute Gasteiger partial charge is 0.260 e. The van der Waals surface area contributed by atoms with Crippen LogP contribution in [0.15, 0.2) is 15.1 Å². The molecular formula is C14H18N4O4. The highest BCUT2D eigenvalue weighted by Gasteiger charge is 2.28. The molecule has 118 valence electrons. The second kappa shape index (κ2) is 6.17. The van der Waals surface area contributed by atoms with Crippen molar-refractivity contribution in [3.63, 3.8) is 0 Å². The van der Waals surface area contributed by atoms with Gasteiger partial charge in [0.05, 0.1) is 0 Å². The summed E-state index contributed by atoms with van der Waals surface area (Å²) >= 11 is 0. The monoisotopic (exact) mass is 306 g/mol. The van der Waals surface area contributed by atoms with Gasteiger partial charge in [0.1, 0.15) is 5.76 Å².